The van der Waals surface area contributed by atoms with E-state index in [2.05, 4.69) is 189 Å². The van der Waals surface area contributed by atoms with Crippen LogP contribution < -0.4 is 0 Å². The van der Waals surface area contributed by atoms with Gasteiger partial charge in [-0.05, 0) is 87.3 Å². The van der Waals surface area contributed by atoms with Crippen molar-refractivity contribution in [2.45, 2.75) is 12.3 Å². The predicted molar refractivity (Wildman–Crippen MR) is 240 cm³/mol. The fourth-order valence-corrected chi connectivity index (χ4v) is 9.96. The molecule has 0 spiro atoms. The molecule has 0 bridgehead atoms. The van der Waals surface area contributed by atoms with Crippen LogP contribution in [-0.2, 0) is 5.41 Å². The summed E-state index contributed by atoms with van der Waals surface area (Å²) in [5, 5.41) is 2.64. The van der Waals surface area contributed by atoms with E-state index >= 15 is 0 Å². The van der Waals surface area contributed by atoms with Crippen LogP contribution in [-0.4, -0.2) is 9.97 Å². The molecule has 0 N–H and O–H groups in total. The molecule has 2 heterocycles. The molecule has 1 atom stereocenters. The molecule has 8 aromatic carbocycles. The molecule has 2 aromatic heterocycles. The van der Waals surface area contributed by atoms with Gasteiger partial charge in [0.25, 0.3) is 0 Å². The Morgan fingerprint density at radius 1 is 0.368 bits per heavy atom. The van der Waals surface area contributed by atoms with Gasteiger partial charge in [0.15, 0.2) is 5.82 Å². The van der Waals surface area contributed by atoms with E-state index in [0.29, 0.717) is 5.82 Å². The predicted octanol–water partition coefficient (Wildman–Crippen LogP) is 14.5. The van der Waals surface area contributed by atoms with E-state index < -0.39 is 0 Å². The first-order chi connectivity index (χ1) is 28.1. The summed E-state index contributed by atoms with van der Waals surface area (Å²) < 4.78 is 2.63. The Bertz CT molecular complexity index is 3130. The summed E-state index contributed by atoms with van der Waals surface area (Å²) in [7, 11) is 0. The van der Waals surface area contributed by atoms with Crippen LogP contribution in [0.4, 0.5) is 0 Å². The molecule has 1 aliphatic carbocycles. The average Bonchev–Trinajstić information content (AvgIpc) is 3.79. The first kappa shape index (κ1) is 33.4. The number of benzene rings is 8. The molecule has 0 saturated carbocycles. The molecule has 0 aliphatic heterocycles. The molecule has 11 rings (SSSR count). The highest BCUT2D eigenvalue weighted by Crippen LogP contribution is 2.53. The number of fused-ring (bicyclic) bond motifs is 6. The molecule has 10 aromatic rings. The molecular formula is C54H36N2S. The molecule has 268 valence electrons. The van der Waals surface area contributed by atoms with Gasteiger partial charge in [0, 0.05) is 42.3 Å². The Balaban J connectivity index is 0.978. The Morgan fingerprint density at radius 3 is 1.79 bits per heavy atom. The van der Waals surface area contributed by atoms with Crippen molar-refractivity contribution in [2.24, 2.45) is 0 Å². The third-order valence-electron chi connectivity index (χ3n) is 11.8. The lowest BCUT2D eigenvalue weighted by atomic mass is 9.74. The van der Waals surface area contributed by atoms with Crippen LogP contribution in [0.3, 0.4) is 0 Å². The van der Waals surface area contributed by atoms with Crippen molar-refractivity contribution in [2.75, 3.05) is 0 Å². The molecule has 0 saturated heterocycles. The Labute approximate surface area is 336 Å². The van der Waals surface area contributed by atoms with E-state index in [4.69, 9.17) is 9.97 Å². The summed E-state index contributed by atoms with van der Waals surface area (Å²) >= 11 is 1.85. The maximum absolute atomic E-state index is 5.18. The van der Waals surface area contributed by atoms with Gasteiger partial charge in [0.1, 0.15) is 0 Å². The molecule has 0 fully saturated rings. The highest BCUT2D eigenvalue weighted by Gasteiger charge is 2.40. The standard InChI is InChI=1S/C54H36N2S/c1-54(42-17-6-3-7-18-42)47-21-10-8-19-43(47)44-29-27-39(32-48(44)54)38-15-12-16-41(31-38)50-34-49(55-53(56-50)37-13-4-2-5-14-37)36-25-23-35(24-26-36)40-28-30-46-45-20-9-11-22-51(45)57-52(46)33-40/h2-34H,1H3. The number of rotatable bonds is 6. The SMILES string of the molecule is CC1(c2ccccc2)c2ccccc2-c2ccc(-c3cccc(-c4cc(-c5ccc(-c6ccc7c(c6)sc6ccccc67)cc5)nc(-c5ccccc5)n4)c3)cc21. The number of hydrogen-bond acceptors (Lipinski definition) is 3. The van der Waals surface area contributed by atoms with Crippen molar-refractivity contribution in [3.8, 4) is 67.3 Å². The van der Waals surface area contributed by atoms with Gasteiger partial charge in [0.05, 0.1) is 11.4 Å². The molecular weight excluding hydrogens is 709 g/mol. The monoisotopic (exact) mass is 744 g/mol. The van der Waals surface area contributed by atoms with Crippen LogP contribution in [0.2, 0.25) is 0 Å². The van der Waals surface area contributed by atoms with Gasteiger partial charge in [0.2, 0.25) is 0 Å². The van der Waals surface area contributed by atoms with E-state index in [-0.39, 0.29) is 5.41 Å². The molecule has 0 amide bonds. The van der Waals surface area contributed by atoms with Gasteiger partial charge in [-0.2, -0.15) is 0 Å². The van der Waals surface area contributed by atoms with Crippen molar-refractivity contribution in [3.05, 3.63) is 217 Å². The summed E-state index contributed by atoms with van der Waals surface area (Å²) in [5.74, 6) is 0.710. The van der Waals surface area contributed by atoms with Crippen LogP contribution in [0.25, 0.3) is 87.5 Å². The fraction of sp³-hybridized carbons (Fsp3) is 0.0370. The van der Waals surface area contributed by atoms with Crippen molar-refractivity contribution in [1.29, 1.82) is 0 Å². The summed E-state index contributed by atoms with van der Waals surface area (Å²) in [4.78, 5) is 10.3. The van der Waals surface area contributed by atoms with Gasteiger partial charge < -0.3 is 0 Å². The topological polar surface area (TPSA) is 25.8 Å². The van der Waals surface area contributed by atoms with Gasteiger partial charge in [-0.3, -0.25) is 0 Å². The van der Waals surface area contributed by atoms with E-state index in [1.54, 1.807) is 0 Å². The highest BCUT2D eigenvalue weighted by molar-refractivity contribution is 7.25. The summed E-state index contributed by atoms with van der Waals surface area (Å²) in [6, 6.07) is 72.3. The van der Waals surface area contributed by atoms with Gasteiger partial charge in [-0.25, -0.2) is 9.97 Å². The summed E-state index contributed by atoms with van der Waals surface area (Å²) in [6.07, 6.45) is 0. The smallest absolute Gasteiger partial charge is 0.160 e. The van der Waals surface area contributed by atoms with Crippen molar-refractivity contribution in [1.82, 2.24) is 9.97 Å². The highest BCUT2D eigenvalue weighted by atomic mass is 32.1. The van der Waals surface area contributed by atoms with E-state index in [1.165, 1.54) is 64.7 Å². The van der Waals surface area contributed by atoms with Crippen LogP contribution in [0.1, 0.15) is 23.6 Å². The first-order valence-electron chi connectivity index (χ1n) is 19.5. The number of aromatic nitrogens is 2. The zero-order chi connectivity index (χ0) is 37.9. The molecule has 3 heteroatoms. The Morgan fingerprint density at radius 2 is 0.947 bits per heavy atom. The molecule has 2 nitrogen and oxygen atoms in total. The lowest BCUT2D eigenvalue weighted by Gasteiger charge is -2.28. The normalized spacial score (nSPS) is 14.5. The van der Waals surface area contributed by atoms with Crippen LogP contribution >= 0.6 is 11.3 Å². The van der Waals surface area contributed by atoms with E-state index in [9.17, 15) is 0 Å². The van der Waals surface area contributed by atoms with Gasteiger partial charge >= 0.3 is 0 Å². The van der Waals surface area contributed by atoms with Crippen molar-refractivity contribution >= 4 is 31.5 Å². The lowest BCUT2D eigenvalue weighted by Crippen LogP contribution is -2.22. The second kappa shape index (κ2) is 13.4. The summed E-state index contributed by atoms with van der Waals surface area (Å²) in [5.41, 5.74) is 16.0. The maximum atomic E-state index is 5.18. The Kier molecular flexibility index (Phi) is 7.84. The minimum atomic E-state index is -0.256. The van der Waals surface area contributed by atoms with Crippen LogP contribution in [0.15, 0.2) is 200 Å². The molecule has 0 radical (unpaired) electrons. The van der Waals surface area contributed by atoms with Gasteiger partial charge in [-0.1, -0.05) is 170 Å². The fourth-order valence-electron chi connectivity index (χ4n) is 8.81. The average molecular weight is 745 g/mol. The van der Waals surface area contributed by atoms with Crippen LogP contribution in [0, 0.1) is 0 Å². The van der Waals surface area contributed by atoms with E-state index in [1.807, 2.05) is 29.5 Å². The van der Waals surface area contributed by atoms with Crippen LogP contribution in [0.5, 0.6) is 0 Å². The third-order valence-corrected chi connectivity index (χ3v) is 12.9. The first-order valence-corrected chi connectivity index (χ1v) is 20.3. The zero-order valence-corrected chi connectivity index (χ0v) is 32.2. The van der Waals surface area contributed by atoms with Crippen molar-refractivity contribution in [3.63, 3.8) is 0 Å². The quantitative estimate of drug-likeness (QED) is 0.169. The second-order valence-electron chi connectivity index (χ2n) is 15.1. The van der Waals surface area contributed by atoms with Crippen molar-refractivity contribution < 1.29 is 0 Å². The second-order valence-corrected chi connectivity index (χ2v) is 16.2. The lowest BCUT2D eigenvalue weighted by molar-refractivity contribution is 0.714. The minimum Gasteiger partial charge on any atom is -0.228 e. The molecule has 57 heavy (non-hydrogen) atoms. The van der Waals surface area contributed by atoms with Gasteiger partial charge in [-0.15, -0.1) is 11.3 Å². The number of nitrogens with zero attached hydrogens (tertiary/aromatic N) is 2. The minimum absolute atomic E-state index is 0.256. The largest absolute Gasteiger partial charge is 0.228 e. The Hall–Kier alpha value is -6.94. The zero-order valence-electron chi connectivity index (χ0n) is 31.4. The third kappa shape index (κ3) is 5.62. The number of hydrogen-bond donors (Lipinski definition) is 0. The number of thiophene rings is 1. The molecule has 1 unspecified atom stereocenters. The summed E-state index contributed by atoms with van der Waals surface area (Å²) in [6.45, 7) is 2.37. The van der Waals surface area contributed by atoms with E-state index in [0.717, 1.165) is 33.6 Å². The molecule has 1 aliphatic rings. The maximum Gasteiger partial charge on any atom is 0.160 e.